The Hall–Kier alpha value is -12.7. The second kappa shape index (κ2) is 45.1. The molecular weight excluding hydrogens is 1820 g/mol. The Balaban J connectivity index is 0.000000263. The zero-order chi connectivity index (χ0) is 99.9. The number of nitrogens with zero attached hydrogens (tertiary/aromatic N) is 7. The third kappa shape index (κ3) is 23.3. The summed E-state index contributed by atoms with van der Waals surface area (Å²) in [6.07, 6.45) is 1.15. The largest absolute Gasteiger partial charge is 0.496 e. The van der Waals surface area contributed by atoms with Crippen molar-refractivity contribution < 1.29 is 122 Å². The molecule has 21 N–H and O–H groups in total. The number of hydrogen-bond acceptors (Lipinski definition) is 32. The Kier molecular flexibility index (Phi) is 34.5. The van der Waals surface area contributed by atoms with Gasteiger partial charge >= 0.3 is 41.9 Å². The van der Waals surface area contributed by atoms with Crippen molar-refractivity contribution in [3.8, 4) is 5.75 Å². The fourth-order valence-electron chi connectivity index (χ4n) is 20.7. The van der Waals surface area contributed by atoms with Crippen LogP contribution in [0.4, 0.5) is 22.1 Å². The van der Waals surface area contributed by atoms with E-state index < -0.39 is 215 Å². The number of aliphatic hydroxyl groups is 3. The van der Waals surface area contributed by atoms with Gasteiger partial charge in [0.15, 0.2) is 34.3 Å². The second-order valence-corrected chi connectivity index (χ2v) is 38.4. The fourth-order valence-corrected chi connectivity index (χ4v) is 23.0. The van der Waals surface area contributed by atoms with Crippen LogP contribution in [0.25, 0.3) is 16.7 Å². The number of aliphatic imine (C=N–C) groups is 1. The molecule has 3 aromatic carbocycles. The van der Waals surface area contributed by atoms with Gasteiger partial charge in [-0.3, -0.25) is 87.5 Å². The van der Waals surface area contributed by atoms with Crippen LogP contribution in [0.5, 0.6) is 5.75 Å². The number of aromatic nitrogens is 4. The number of likely N-dealkylation sites (N-methyl/N-ethyl adjacent to an activating group) is 1. The van der Waals surface area contributed by atoms with Gasteiger partial charge in [-0.25, -0.2) is 25.0 Å². The molecule has 45 heteroatoms. The molecule has 12 rings (SSSR count). The summed E-state index contributed by atoms with van der Waals surface area (Å²) in [4.78, 5) is 217. The number of carbonyl (C=O) groups is 14. The van der Waals surface area contributed by atoms with E-state index in [2.05, 4.69) is 85.0 Å². The van der Waals surface area contributed by atoms with Gasteiger partial charge in [0.05, 0.1) is 93.4 Å². The number of hydrazine groups is 1. The first-order valence-corrected chi connectivity index (χ1v) is 47.6. The second-order valence-electron chi connectivity index (χ2n) is 35.8. The van der Waals surface area contributed by atoms with Crippen molar-refractivity contribution in [2.24, 2.45) is 45.5 Å². The van der Waals surface area contributed by atoms with Gasteiger partial charge in [0.2, 0.25) is 17.8 Å². The first kappa shape index (κ1) is 105. The number of methoxy groups -OCH3 is 2. The molecular formula is C92H119N17O26S2. The molecule has 1 saturated carbocycles. The predicted molar refractivity (Wildman–Crippen MR) is 500 cm³/mol. The van der Waals surface area contributed by atoms with E-state index in [0.29, 0.717) is 124 Å². The number of rotatable bonds is 43. The summed E-state index contributed by atoms with van der Waals surface area (Å²) in [7, 11) is 7.59. The summed E-state index contributed by atoms with van der Waals surface area (Å²) in [5.74, 6) is -16.9. The molecule has 2 saturated heterocycles. The number of aliphatic hydroxyl groups excluding tert-OH is 1. The van der Waals surface area contributed by atoms with Crippen molar-refractivity contribution in [1.82, 2.24) is 56.5 Å². The van der Waals surface area contributed by atoms with Crippen LogP contribution in [0, 0.1) is 29.1 Å². The molecule has 2 aliphatic carbocycles. The van der Waals surface area contributed by atoms with Gasteiger partial charge in [-0.2, -0.15) is 4.98 Å². The smallest absolute Gasteiger partial charge is 0.426 e. The molecule has 3 fully saturated rings. The third-order valence-electron chi connectivity index (χ3n) is 27.2. The maximum atomic E-state index is 15.5. The number of ketones is 3. The van der Waals surface area contributed by atoms with Crippen molar-refractivity contribution >= 4 is 144 Å². The maximum absolute atomic E-state index is 15.5. The minimum atomic E-state index is -2.53. The number of amides is 5. The average Bonchev–Trinajstić information content (AvgIpc) is 1.48. The Labute approximate surface area is 795 Å². The van der Waals surface area contributed by atoms with E-state index in [1.807, 2.05) is 63.1 Å². The quantitative estimate of drug-likeness (QED) is 0.00507. The number of guanidine groups is 1. The average molecular weight is 1940 g/mol. The number of fused-ring (bicyclic) bond motifs is 6. The molecule has 2 aromatic heterocycles. The number of piperidine rings is 1. The lowest BCUT2D eigenvalue weighted by molar-refractivity contribution is -0.204. The van der Waals surface area contributed by atoms with E-state index in [0.717, 1.165) is 34.8 Å². The van der Waals surface area contributed by atoms with Crippen LogP contribution in [-0.4, -0.2) is 286 Å². The Morgan fingerprint density at radius 3 is 2.09 bits per heavy atom. The van der Waals surface area contributed by atoms with Crippen molar-refractivity contribution in [3.63, 3.8) is 0 Å². The molecule has 1 unspecified atom stereocenters. The molecule has 7 heterocycles. The van der Waals surface area contributed by atoms with Gasteiger partial charge in [-0.1, -0.05) is 78.8 Å². The van der Waals surface area contributed by atoms with Crippen LogP contribution in [-0.2, 0) is 90.8 Å². The number of carboxylic acids is 5. The monoisotopic (exact) mass is 1940 g/mol. The van der Waals surface area contributed by atoms with E-state index in [1.54, 1.807) is 7.11 Å². The van der Waals surface area contributed by atoms with Crippen LogP contribution in [0.15, 0.2) is 94.4 Å². The zero-order valence-corrected chi connectivity index (χ0v) is 78.6. The number of hydrogen-bond donors (Lipinski definition) is 18. The number of benzene rings is 3. The van der Waals surface area contributed by atoms with E-state index in [4.69, 9.17) is 36.5 Å². The topological polar surface area (TPSA) is 672 Å². The summed E-state index contributed by atoms with van der Waals surface area (Å²) in [6, 6.07) is 12.0. The summed E-state index contributed by atoms with van der Waals surface area (Å²) in [6.45, 7) is 9.96. The van der Waals surface area contributed by atoms with Gasteiger partial charge in [0.25, 0.3) is 17.4 Å². The van der Waals surface area contributed by atoms with Crippen LogP contribution in [0.3, 0.4) is 0 Å². The molecule has 137 heavy (non-hydrogen) atoms. The normalized spacial score (nSPS) is 23.8. The molecule has 1 spiro atoms. The van der Waals surface area contributed by atoms with Crippen LogP contribution in [0.1, 0.15) is 169 Å². The highest BCUT2D eigenvalue weighted by molar-refractivity contribution is 8.76. The molecule has 7 aliphatic rings. The maximum Gasteiger partial charge on any atom is 0.426 e. The zero-order valence-electron chi connectivity index (χ0n) is 77.0. The van der Waals surface area contributed by atoms with E-state index >= 15 is 4.79 Å². The minimum absolute atomic E-state index is 0.0160. The number of Topliss-reactive ketones (excluding diaryl/α,β-unsaturated/α-hetero) is 3. The Morgan fingerprint density at radius 2 is 1.45 bits per heavy atom. The summed E-state index contributed by atoms with van der Waals surface area (Å²) < 4.78 is 17.8. The SMILES string of the molecule is CC(=O)[C@H](CC(=O)O)NC(=O)[C@H](CC(=O)O)CC(=O)[C@H](CCCN=C(N)N)NC(=O)[C@H](CC(=O)O)CC(=O)CC[C@H](NC(=O)c1ccc(NCc2cnc3nc(N)[nH]c(=O)c3n2)cc1)C(=O)O.CC[C@@H](CSSCCOC(=O)NNC(=O)[C@@]1(O)[C@H](O)[C@]2(CC)C=CCN3CC[C@@]4(c5cc([C@@]6(C(=O)OC)C[C@@H]7CN(CCC8=C6Cc6ccccc68)C[C@](O)(CC)C7)c(OC)cc5N(C)[C@@H]14)[C@@H]32)C(=O)O. The number of anilines is 3. The number of nitrogens with one attached hydrogen (secondary N) is 7. The number of carboxylic acid groups (broad SMARTS) is 5. The van der Waals surface area contributed by atoms with Gasteiger partial charge in [-0.05, 0) is 148 Å². The number of ether oxygens (including phenoxy) is 3. The molecule has 43 nitrogen and oxygen atoms in total. The van der Waals surface area contributed by atoms with Crippen LogP contribution < -0.4 is 64.5 Å². The molecule has 2 bridgehead atoms. The fraction of sp³-hybridized carbons (Fsp3) is 0.533. The summed E-state index contributed by atoms with van der Waals surface area (Å²) in [5.41, 5.74) is 20.8. The van der Waals surface area contributed by atoms with Gasteiger partial charge in [0, 0.05) is 116 Å². The van der Waals surface area contributed by atoms with Gasteiger partial charge in [0.1, 0.15) is 35.7 Å². The van der Waals surface area contributed by atoms with Crippen LogP contribution >= 0.6 is 21.6 Å². The van der Waals surface area contributed by atoms with Gasteiger partial charge in [-0.15, -0.1) is 0 Å². The van der Waals surface area contributed by atoms with E-state index in [9.17, 15) is 103 Å². The third-order valence-corrected chi connectivity index (χ3v) is 29.6. The predicted octanol–water partition coefficient (Wildman–Crippen LogP) is 2.88. The van der Waals surface area contributed by atoms with Crippen LogP contribution in [0.2, 0.25) is 0 Å². The first-order valence-electron chi connectivity index (χ1n) is 45.1. The highest BCUT2D eigenvalue weighted by Gasteiger charge is 2.79. The number of esters is 1. The number of carbonyl (C=O) groups excluding carboxylic acids is 9. The van der Waals surface area contributed by atoms with E-state index in [1.165, 1.54) is 59.2 Å². The van der Waals surface area contributed by atoms with E-state index in [-0.39, 0.29) is 67.1 Å². The molecule has 740 valence electrons. The van der Waals surface area contributed by atoms with Gasteiger partial charge < -0.3 is 98.4 Å². The Morgan fingerprint density at radius 1 is 0.759 bits per heavy atom. The van der Waals surface area contributed by atoms with Crippen molar-refractivity contribution in [3.05, 3.63) is 128 Å². The number of nitrogen functional groups attached to an aromatic ring is 1. The molecule has 5 amide bonds. The molecule has 5 aromatic rings. The summed E-state index contributed by atoms with van der Waals surface area (Å²) in [5, 5.41) is 95.5. The van der Waals surface area contributed by atoms with Crippen molar-refractivity contribution in [2.45, 2.75) is 202 Å². The lowest BCUT2D eigenvalue weighted by atomic mass is 9.47. The lowest BCUT2D eigenvalue weighted by Crippen LogP contribution is -2.82. The number of aliphatic carboxylic acids is 5. The molecule has 0 radical (unpaired) electrons. The standard InChI is InChI=1S/C52H69N5O11S2.C40H50N12O15/c1-7-32(41(58)59)29-70-69-22-21-68-47(63)54-53-45(61)52(65)43-50(17-20-57-18-12-16-49(9-3,42(50)57)44(52)60)37-24-38(40(66-5)25-39(37)55(43)4)51(46(62)67-6)27-31-26-48(64,8-2)30-56(28-31)19-15-35-34-14-11-10-13-33(34)23-36(35)51;1-18(53)27(15-31(60)61)50-36(64)21(14-30(58)59)12-28(55)25(3-2-10-44-39(41)42)48-35(63)20(13-29(56)57)11-24(54)8-9-26(38(66)67)49-34(62)19-4-6-22(7-5-19)45-16-23-17-46-33-32(47-23)37(65)52-40(43)51-33/h10-14,16,24-25,31-32,42-44,60,64-65H,7-9,15,17-23,26-30H2,1-6H3,(H,53,61)(H,54,63)(H,58,59);4-7,17,20-21,25-27,45H,2-3,8-16H2,1H3,(H,48,63)(H,49,62)(H,50,64)(H,56,57)(H,58,59)(H,60,61)(H,66,67)(H4,41,42,44)(H3,43,46,51,52,65)/t31-,32+,42+,43-,44-,48+,49-,50-,51-,52+;20-,21-,25-,26-,27-/m10/s1. The number of aromatic amines is 1. The lowest BCUT2D eigenvalue weighted by Gasteiger charge is -2.63. The summed E-state index contributed by atoms with van der Waals surface area (Å²) >= 11 is 0. The highest BCUT2D eigenvalue weighted by Crippen LogP contribution is 2.68. The highest BCUT2D eigenvalue weighted by atomic mass is 33.1. The molecule has 5 aliphatic heterocycles. The van der Waals surface area contributed by atoms with Crippen molar-refractivity contribution in [1.29, 1.82) is 0 Å². The first-order chi connectivity index (χ1) is 65.0. The Bertz CT molecular complexity index is 5600. The van der Waals surface area contributed by atoms with Crippen molar-refractivity contribution in [2.75, 3.05) is 94.6 Å². The number of nitrogens with two attached hydrogens (primary N) is 3. The molecule has 16 atom stereocenters. The number of H-pyrrole nitrogens is 1. The minimum Gasteiger partial charge on any atom is -0.496 e.